The highest BCUT2D eigenvalue weighted by Crippen LogP contribution is 2.29. The lowest BCUT2D eigenvalue weighted by molar-refractivity contribution is 0.292. The van der Waals surface area contributed by atoms with Gasteiger partial charge in [0, 0.05) is 0 Å². The van der Waals surface area contributed by atoms with Crippen molar-refractivity contribution < 1.29 is 0 Å². The quantitative estimate of drug-likeness (QED) is 0.667. The van der Waals surface area contributed by atoms with Gasteiger partial charge in [-0.15, -0.1) is 0 Å². The van der Waals surface area contributed by atoms with Gasteiger partial charge in [0.2, 0.25) is 0 Å². The Morgan fingerprint density at radius 1 is 1.47 bits per heavy atom. The van der Waals surface area contributed by atoms with Gasteiger partial charge in [-0.1, -0.05) is 37.4 Å². The first-order valence-electron chi connectivity index (χ1n) is 4.97. The van der Waals surface area contributed by atoms with Crippen molar-refractivity contribution in [3.05, 3.63) is 60.3 Å². The molecule has 0 radical (unpaired) electrons. The Hall–Kier alpha value is -1.83. The molecule has 1 aliphatic rings. The minimum atomic E-state index is 0.219. The van der Waals surface area contributed by atoms with Gasteiger partial charge in [0.05, 0.1) is 18.0 Å². The maximum absolute atomic E-state index is 4.36. The van der Waals surface area contributed by atoms with Gasteiger partial charge in [-0.05, 0) is 24.1 Å². The fourth-order valence-corrected chi connectivity index (χ4v) is 1.78. The fourth-order valence-electron chi connectivity index (χ4n) is 1.78. The largest absolute Gasteiger partial charge is 0.259 e. The Morgan fingerprint density at radius 3 is 2.93 bits per heavy atom. The van der Waals surface area contributed by atoms with Crippen LogP contribution in [0.5, 0.6) is 0 Å². The molecule has 0 aliphatic carbocycles. The van der Waals surface area contributed by atoms with Gasteiger partial charge >= 0.3 is 0 Å². The summed E-state index contributed by atoms with van der Waals surface area (Å²) in [6, 6.07) is 8.48. The molecule has 0 saturated heterocycles. The predicted molar refractivity (Wildman–Crippen MR) is 63.6 cm³/mol. The summed E-state index contributed by atoms with van der Waals surface area (Å²) in [7, 11) is 0. The first-order valence-corrected chi connectivity index (χ1v) is 4.97. The summed E-state index contributed by atoms with van der Waals surface area (Å²) in [5, 5.41) is 6.24. The van der Waals surface area contributed by atoms with Gasteiger partial charge in [0.25, 0.3) is 0 Å². The summed E-state index contributed by atoms with van der Waals surface area (Å²) in [6.45, 7) is 9.74. The van der Waals surface area contributed by atoms with Crippen LogP contribution in [-0.4, -0.2) is 11.2 Å². The van der Waals surface area contributed by atoms with Crippen LogP contribution in [0.4, 0.5) is 0 Å². The van der Waals surface area contributed by atoms with Crippen molar-refractivity contribution in [1.82, 2.24) is 5.01 Å². The molecule has 1 aromatic carbocycles. The summed E-state index contributed by atoms with van der Waals surface area (Å²) in [6.07, 6.45) is 3.59. The highest BCUT2D eigenvalue weighted by molar-refractivity contribution is 5.82. The second kappa shape index (κ2) is 3.73. The Labute approximate surface area is 90.2 Å². The van der Waals surface area contributed by atoms with E-state index in [1.165, 1.54) is 11.1 Å². The molecule has 1 aliphatic heterocycles. The van der Waals surface area contributed by atoms with Crippen LogP contribution in [0.1, 0.15) is 24.1 Å². The zero-order valence-corrected chi connectivity index (χ0v) is 8.85. The van der Waals surface area contributed by atoms with Crippen molar-refractivity contribution in [2.45, 2.75) is 13.0 Å². The van der Waals surface area contributed by atoms with E-state index in [-0.39, 0.29) is 6.04 Å². The number of nitrogens with zero attached hydrogens (tertiary/aromatic N) is 2. The van der Waals surface area contributed by atoms with Crippen LogP contribution in [0.2, 0.25) is 0 Å². The summed E-state index contributed by atoms with van der Waals surface area (Å²) in [5.74, 6) is 0. The van der Waals surface area contributed by atoms with E-state index in [1.807, 2.05) is 23.4 Å². The van der Waals surface area contributed by atoms with Gasteiger partial charge < -0.3 is 0 Å². The van der Waals surface area contributed by atoms with E-state index in [9.17, 15) is 0 Å². The maximum atomic E-state index is 4.36. The topological polar surface area (TPSA) is 15.6 Å². The van der Waals surface area contributed by atoms with Crippen LogP contribution < -0.4 is 0 Å². The minimum absolute atomic E-state index is 0.219. The number of benzene rings is 1. The number of hydrogen-bond acceptors (Lipinski definition) is 2. The highest BCUT2D eigenvalue weighted by Gasteiger charge is 2.20. The second-order valence-corrected chi connectivity index (χ2v) is 3.59. The molecule has 1 heterocycles. The zero-order chi connectivity index (χ0) is 10.8. The normalized spacial score (nSPS) is 18.5. The Bertz CT molecular complexity index is 432. The van der Waals surface area contributed by atoms with Gasteiger partial charge in [-0.25, -0.2) is 0 Å². The van der Waals surface area contributed by atoms with Crippen LogP contribution in [0, 0.1) is 0 Å². The molecule has 2 rings (SSSR count). The van der Waals surface area contributed by atoms with Gasteiger partial charge in [-0.2, -0.15) is 5.10 Å². The molecule has 0 spiro atoms. The number of hydrogen-bond donors (Lipinski definition) is 0. The van der Waals surface area contributed by atoms with Gasteiger partial charge in [-0.3, -0.25) is 5.01 Å². The van der Waals surface area contributed by atoms with Crippen LogP contribution in [0.25, 0.3) is 0 Å². The monoisotopic (exact) mass is 198 g/mol. The molecule has 76 valence electrons. The van der Waals surface area contributed by atoms with Crippen LogP contribution in [-0.2, 0) is 0 Å². The fraction of sp³-hybridized carbons (Fsp3) is 0.154. The number of fused-ring (bicyclic) bond motifs is 1. The third-order valence-electron chi connectivity index (χ3n) is 2.66. The minimum Gasteiger partial charge on any atom is -0.259 e. The number of allylic oxidation sites excluding steroid dienone is 1. The first-order chi connectivity index (χ1) is 7.24. The Balaban J connectivity index is 2.41. The predicted octanol–water partition coefficient (Wildman–Crippen LogP) is 3.10. The van der Waals surface area contributed by atoms with E-state index in [1.54, 1.807) is 6.08 Å². The molecule has 1 aromatic rings. The van der Waals surface area contributed by atoms with E-state index in [4.69, 9.17) is 0 Å². The molecule has 1 atom stereocenters. The lowest BCUT2D eigenvalue weighted by Crippen LogP contribution is -2.24. The van der Waals surface area contributed by atoms with Crippen molar-refractivity contribution in [2.75, 3.05) is 0 Å². The van der Waals surface area contributed by atoms with E-state index in [2.05, 4.69) is 37.3 Å². The molecule has 2 heteroatoms. The molecule has 15 heavy (non-hydrogen) atoms. The van der Waals surface area contributed by atoms with Crippen LogP contribution >= 0.6 is 0 Å². The highest BCUT2D eigenvalue weighted by atomic mass is 15.5. The van der Waals surface area contributed by atoms with Gasteiger partial charge in [0.1, 0.15) is 0 Å². The van der Waals surface area contributed by atoms with Crippen molar-refractivity contribution >= 4 is 6.21 Å². The molecule has 0 aromatic heterocycles. The van der Waals surface area contributed by atoms with Crippen molar-refractivity contribution in [3.8, 4) is 0 Å². The van der Waals surface area contributed by atoms with Crippen LogP contribution in [0.15, 0.2) is 54.3 Å². The molecule has 1 unspecified atom stereocenters. The van der Waals surface area contributed by atoms with Crippen molar-refractivity contribution in [2.24, 2.45) is 5.10 Å². The lowest BCUT2D eigenvalue weighted by atomic mass is 10.0. The molecular formula is C13H14N2. The summed E-state index contributed by atoms with van der Waals surface area (Å²) >= 11 is 0. The third kappa shape index (κ3) is 1.59. The smallest absolute Gasteiger partial charge is 0.0753 e. The number of rotatable bonds is 2. The molecule has 0 saturated carbocycles. The molecular weight excluding hydrogens is 184 g/mol. The van der Waals surface area contributed by atoms with Crippen molar-refractivity contribution in [1.29, 1.82) is 0 Å². The van der Waals surface area contributed by atoms with Crippen LogP contribution in [0.3, 0.4) is 0 Å². The summed E-state index contributed by atoms with van der Waals surface area (Å²) < 4.78 is 0. The first kappa shape index (κ1) is 9.71. The van der Waals surface area contributed by atoms with E-state index in [0.29, 0.717) is 0 Å². The standard InChI is InChI=1S/C13H14N2/c1-4-10(2)15-11(3)13-8-6-5-7-12(13)9-14-15/h4-9,11H,1-2H2,3H3. The van der Waals surface area contributed by atoms with Crippen molar-refractivity contribution in [3.63, 3.8) is 0 Å². The number of hydrazone groups is 1. The van der Waals surface area contributed by atoms with E-state index < -0.39 is 0 Å². The van der Waals surface area contributed by atoms with E-state index >= 15 is 0 Å². The maximum Gasteiger partial charge on any atom is 0.0753 e. The molecule has 0 amide bonds. The Kier molecular flexibility index (Phi) is 2.42. The molecule has 0 bridgehead atoms. The molecule has 0 fully saturated rings. The molecule has 0 N–H and O–H groups in total. The molecule has 2 nitrogen and oxygen atoms in total. The van der Waals surface area contributed by atoms with E-state index in [0.717, 1.165) is 5.70 Å². The average Bonchev–Trinajstić information content (AvgIpc) is 2.29. The second-order valence-electron chi connectivity index (χ2n) is 3.59. The Morgan fingerprint density at radius 2 is 2.20 bits per heavy atom. The summed E-state index contributed by atoms with van der Waals surface area (Å²) in [4.78, 5) is 0. The summed E-state index contributed by atoms with van der Waals surface area (Å²) in [5.41, 5.74) is 3.28. The average molecular weight is 198 g/mol. The lowest BCUT2D eigenvalue weighted by Gasteiger charge is -2.30. The SMILES string of the molecule is C=CC(=C)N1N=Cc2ccccc2C1C. The third-order valence-corrected chi connectivity index (χ3v) is 2.66. The van der Waals surface area contributed by atoms with Gasteiger partial charge in [0.15, 0.2) is 0 Å². The zero-order valence-electron chi connectivity index (χ0n) is 8.85.